The van der Waals surface area contributed by atoms with Gasteiger partial charge in [0, 0.05) is 19.0 Å². The minimum absolute atomic E-state index is 0.365. The van der Waals surface area contributed by atoms with Crippen LogP contribution >= 0.6 is 11.6 Å². The maximum atomic E-state index is 5.72. The Hall–Kier alpha value is -0.910. The highest BCUT2D eigenvalue weighted by atomic mass is 35.5. The Morgan fingerprint density at radius 3 is 2.88 bits per heavy atom. The predicted molar refractivity (Wildman–Crippen MR) is 62.2 cm³/mol. The molecule has 92 valence electrons. The van der Waals surface area contributed by atoms with Crippen LogP contribution < -0.4 is 4.74 Å². The molecular weight excluding hydrogens is 242 g/mol. The van der Waals surface area contributed by atoms with E-state index in [1.165, 1.54) is 6.20 Å². The third kappa shape index (κ3) is 2.51. The first-order valence-electron chi connectivity index (χ1n) is 5.73. The van der Waals surface area contributed by atoms with Crippen molar-refractivity contribution in [3.63, 3.8) is 0 Å². The molecule has 2 saturated heterocycles. The third-order valence-corrected chi connectivity index (χ3v) is 3.35. The average molecular weight is 256 g/mol. The van der Waals surface area contributed by atoms with Crippen LogP contribution in [0.15, 0.2) is 12.4 Å². The molecule has 0 N–H and O–H groups in total. The Labute approximate surface area is 105 Å². The molecule has 2 aliphatic rings. The van der Waals surface area contributed by atoms with Gasteiger partial charge in [0.1, 0.15) is 0 Å². The number of rotatable bonds is 4. The summed E-state index contributed by atoms with van der Waals surface area (Å²) in [7, 11) is 0. The molecule has 1 aromatic rings. The molecule has 1 aromatic heterocycles. The third-order valence-electron chi connectivity index (χ3n) is 3.17. The number of hydrogen-bond acceptors (Lipinski definition) is 5. The summed E-state index contributed by atoms with van der Waals surface area (Å²) in [5.74, 6) is 1.08. The van der Waals surface area contributed by atoms with Crippen molar-refractivity contribution in [2.45, 2.75) is 6.04 Å². The number of halogens is 1. The highest BCUT2D eigenvalue weighted by Gasteiger charge is 2.36. The van der Waals surface area contributed by atoms with E-state index in [4.69, 9.17) is 21.1 Å². The molecule has 0 unspecified atom stereocenters. The Morgan fingerprint density at radius 2 is 2.24 bits per heavy atom. The minimum Gasteiger partial charge on any atom is -0.476 e. The van der Waals surface area contributed by atoms with Crippen LogP contribution in [0.2, 0.25) is 5.15 Å². The van der Waals surface area contributed by atoms with E-state index in [2.05, 4.69) is 14.9 Å². The zero-order chi connectivity index (χ0) is 11.7. The first-order chi connectivity index (χ1) is 8.31. The van der Waals surface area contributed by atoms with E-state index in [0.717, 1.165) is 26.3 Å². The van der Waals surface area contributed by atoms with E-state index in [9.17, 15) is 0 Å². The molecule has 17 heavy (non-hydrogen) atoms. The van der Waals surface area contributed by atoms with Crippen LogP contribution in [0.1, 0.15) is 0 Å². The number of aromatic nitrogens is 2. The molecule has 2 fully saturated rings. The van der Waals surface area contributed by atoms with Gasteiger partial charge in [-0.25, -0.2) is 0 Å². The van der Waals surface area contributed by atoms with Crippen molar-refractivity contribution in [2.75, 3.05) is 32.9 Å². The molecule has 0 spiro atoms. The number of ether oxygens (including phenoxy) is 2. The van der Waals surface area contributed by atoms with Crippen LogP contribution in [-0.2, 0) is 4.74 Å². The summed E-state index contributed by atoms with van der Waals surface area (Å²) in [6.07, 6.45) is 3.08. The van der Waals surface area contributed by atoms with Crippen molar-refractivity contribution in [3.8, 4) is 5.88 Å². The summed E-state index contributed by atoms with van der Waals surface area (Å²) < 4.78 is 10.7. The summed E-state index contributed by atoms with van der Waals surface area (Å²) in [5.41, 5.74) is 0. The van der Waals surface area contributed by atoms with Crippen LogP contribution in [0.3, 0.4) is 0 Å². The molecule has 3 rings (SSSR count). The maximum absolute atomic E-state index is 5.72. The summed E-state index contributed by atoms with van der Waals surface area (Å²) >= 11 is 5.72. The van der Waals surface area contributed by atoms with Crippen LogP contribution in [-0.4, -0.2) is 53.8 Å². The van der Waals surface area contributed by atoms with Gasteiger partial charge in [-0.05, 0) is 0 Å². The minimum atomic E-state index is 0.365. The Bertz CT molecular complexity index is 394. The molecule has 6 heteroatoms. The molecular formula is C11H14ClN3O2. The van der Waals surface area contributed by atoms with Gasteiger partial charge in [0.25, 0.3) is 0 Å². The maximum Gasteiger partial charge on any atom is 0.233 e. The fourth-order valence-electron chi connectivity index (χ4n) is 2.05. The van der Waals surface area contributed by atoms with Gasteiger partial charge in [-0.1, -0.05) is 11.6 Å². The van der Waals surface area contributed by atoms with Crippen molar-refractivity contribution in [3.05, 3.63) is 17.5 Å². The molecule has 0 aromatic carbocycles. The van der Waals surface area contributed by atoms with Crippen LogP contribution in [0.25, 0.3) is 0 Å². The second-order valence-electron chi connectivity index (χ2n) is 4.50. The summed E-state index contributed by atoms with van der Waals surface area (Å²) in [4.78, 5) is 10.4. The average Bonchev–Trinajstić information content (AvgIpc) is 2.18. The lowest BCUT2D eigenvalue weighted by Crippen LogP contribution is -2.60. The lowest BCUT2D eigenvalue weighted by atomic mass is 9.98. The quantitative estimate of drug-likeness (QED) is 0.798. The molecule has 0 saturated carbocycles. The Kier molecular flexibility index (Phi) is 3.13. The normalized spacial score (nSPS) is 21.9. The van der Waals surface area contributed by atoms with E-state index in [1.54, 1.807) is 6.20 Å². The van der Waals surface area contributed by atoms with E-state index >= 15 is 0 Å². The summed E-state index contributed by atoms with van der Waals surface area (Å²) in [6.45, 7) is 4.61. The zero-order valence-corrected chi connectivity index (χ0v) is 10.1. The molecule has 0 aliphatic carbocycles. The molecule has 0 atom stereocenters. The molecule has 5 nitrogen and oxygen atoms in total. The zero-order valence-electron chi connectivity index (χ0n) is 9.38. The van der Waals surface area contributed by atoms with E-state index in [1.807, 2.05) is 0 Å². The van der Waals surface area contributed by atoms with Gasteiger partial charge >= 0.3 is 0 Å². The summed E-state index contributed by atoms with van der Waals surface area (Å²) in [6, 6.07) is 0.636. The van der Waals surface area contributed by atoms with Gasteiger partial charge in [0.2, 0.25) is 5.88 Å². The highest BCUT2D eigenvalue weighted by molar-refractivity contribution is 6.29. The molecule has 2 aliphatic heterocycles. The topological polar surface area (TPSA) is 47.5 Å². The van der Waals surface area contributed by atoms with Gasteiger partial charge in [-0.3, -0.25) is 9.88 Å². The van der Waals surface area contributed by atoms with E-state index < -0.39 is 0 Å². The molecule has 0 bridgehead atoms. The lowest BCUT2D eigenvalue weighted by molar-refractivity contribution is -0.106. The van der Waals surface area contributed by atoms with Gasteiger partial charge < -0.3 is 9.47 Å². The second-order valence-corrected chi connectivity index (χ2v) is 4.89. The van der Waals surface area contributed by atoms with Crippen LogP contribution in [0, 0.1) is 5.92 Å². The SMILES string of the molecule is Clc1cncc(OCC2CN(C3COC3)C2)n1. The first-order valence-corrected chi connectivity index (χ1v) is 6.11. The van der Waals surface area contributed by atoms with Crippen molar-refractivity contribution in [1.29, 1.82) is 0 Å². The smallest absolute Gasteiger partial charge is 0.233 e. The van der Waals surface area contributed by atoms with Crippen molar-refractivity contribution >= 4 is 11.6 Å². The first kappa shape index (κ1) is 11.2. The summed E-state index contributed by atoms with van der Waals surface area (Å²) in [5, 5.41) is 0.365. The van der Waals surface area contributed by atoms with Crippen molar-refractivity contribution in [1.82, 2.24) is 14.9 Å². The van der Waals surface area contributed by atoms with E-state index in [-0.39, 0.29) is 0 Å². The number of likely N-dealkylation sites (tertiary alicyclic amines) is 1. The highest BCUT2D eigenvalue weighted by Crippen LogP contribution is 2.23. The number of nitrogens with zero attached hydrogens (tertiary/aromatic N) is 3. The van der Waals surface area contributed by atoms with Gasteiger partial charge in [-0.2, -0.15) is 4.98 Å². The van der Waals surface area contributed by atoms with Crippen molar-refractivity contribution in [2.24, 2.45) is 5.92 Å². The second kappa shape index (κ2) is 4.76. The standard InChI is InChI=1S/C11H14ClN3O2/c12-10-1-13-2-11(14-10)17-5-8-3-15(4-8)9-6-16-7-9/h1-2,8-9H,3-7H2. The fourth-order valence-corrected chi connectivity index (χ4v) is 2.19. The molecule has 0 radical (unpaired) electrons. The Morgan fingerprint density at radius 1 is 1.41 bits per heavy atom. The van der Waals surface area contributed by atoms with Crippen LogP contribution in [0.5, 0.6) is 5.88 Å². The number of hydrogen-bond donors (Lipinski definition) is 0. The van der Waals surface area contributed by atoms with Gasteiger partial charge in [0.05, 0.1) is 38.3 Å². The lowest BCUT2D eigenvalue weighted by Gasteiger charge is -2.47. The fraction of sp³-hybridized carbons (Fsp3) is 0.636. The van der Waals surface area contributed by atoms with Gasteiger partial charge in [-0.15, -0.1) is 0 Å². The van der Waals surface area contributed by atoms with Gasteiger partial charge in [0.15, 0.2) is 5.15 Å². The largest absolute Gasteiger partial charge is 0.476 e. The van der Waals surface area contributed by atoms with E-state index in [0.29, 0.717) is 29.6 Å². The monoisotopic (exact) mass is 255 g/mol. The molecule has 3 heterocycles. The van der Waals surface area contributed by atoms with Crippen LogP contribution in [0.4, 0.5) is 0 Å². The predicted octanol–water partition coefficient (Wildman–Crippen LogP) is 0.839. The molecule has 0 amide bonds. The van der Waals surface area contributed by atoms with Crippen molar-refractivity contribution < 1.29 is 9.47 Å². The Balaban J connectivity index is 1.41.